The monoisotopic (exact) mass is 279 g/mol. The van der Waals surface area contributed by atoms with Crippen molar-refractivity contribution in [3.63, 3.8) is 0 Å². The van der Waals surface area contributed by atoms with Crippen LogP contribution in [0.2, 0.25) is 0 Å². The summed E-state index contributed by atoms with van der Waals surface area (Å²) in [5.74, 6) is -2.91. The normalized spacial score (nSPS) is 18.6. The lowest BCUT2D eigenvalue weighted by Crippen LogP contribution is -2.08. The van der Waals surface area contributed by atoms with Crippen molar-refractivity contribution >= 4 is 16.9 Å². The molecular formula is C14H11F2NO3. The van der Waals surface area contributed by atoms with Gasteiger partial charge in [-0.15, -0.1) is 0 Å². The van der Waals surface area contributed by atoms with Crippen LogP contribution >= 0.6 is 0 Å². The Balaban J connectivity index is 2.30. The van der Waals surface area contributed by atoms with E-state index in [1.165, 1.54) is 6.07 Å². The molecule has 1 aliphatic rings. The first-order valence-electron chi connectivity index (χ1n) is 6.17. The molecule has 0 aliphatic carbocycles. The quantitative estimate of drug-likeness (QED) is 0.918. The van der Waals surface area contributed by atoms with Gasteiger partial charge in [-0.2, -0.15) is 0 Å². The maximum Gasteiger partial charge on any atom is 0.336 e. The zero-order valence-corrected chi connectivity index (χ0v) is 10.4. The molecule has 104 valence electrons. The summed E-state index contributed by atoms with van der Waals surface area (Å²) in [6.07, 6.45) is 0.689. The Morgan fingerprint density at radius 1 is 1.35 bits per heavy atom. The molecule has 0 radical (unpaired) electrons. The fourth-order valence-electron chi connectivity index (χ4n) is 2.43. The predicted molar refractivity (Wildman–Crippen MR) is 66.8 cm³/mol. The number of ether oxygens (including phenoxy) is 1. The van der Waals surface area contributed by atoms with Crippen LogP contribution in [-0.2, 0) is 4.74 Å². The third kappa shape index (κ3) is 2.02. The highest BCUT2D eigenvalue weighted by molar-refractivity contribution is 6.03. The van der Waals surface area contributed by atoms with E-state index < -0.39 is 17.6 Å². The molecule has 20 heavy (non-hydrogen) atoms. The van der Waals surface area contributed by atoms with Crippen molar-refractivity contribution in [1.82, 2.24) is 4.98 Å². The molecule has 1 saturated heterocycles. The predicted octanol–water partition coefficient (Wildman–Crippen LogP) is 2.72. The minimum Gasteiger partial charge on any atom is -0.478 e. The molecule has 2 heterocycles. The molecule has 1 aromatic carbocycles. The van der Waals surface area contributed by atoms with Gasteiger partial charge in [-0.1, -0.05) is 0 Å². The third-order valence-corrected chi connectivity index (χ3v) is 3.46. The van der Waals surface area contributed by atoms with Gasteiger partial charge in [-0.05, 0) is 24.6 Å². The lowest BCUT2D eigenvalue weighted by molar-refractivity contribution is 0.0698. The highest BCUT2D eigenvalue weighted by Gasteiger charge is 2.24. The Kier molecular flexibility index (Phi) is 3.10. The second kappa shape index (κ2) is 4.79. The molecule has 0 spiro atoms. The highest BCUT2D eigenvalue weighted by Crippen LogP contribution is 2.30. The Morgan fingerprint density at radius 2 is 2.10 bits per heavy atom. The van der Waals surface area contributed by atoms with Gasteiger partial charge in [0.2, 0.25) is 0 Å². The Bertz CT molecular complexity index is 696. The van der Waals surface area contributed by atoms with Gasteiger partial charge in [0, 0.05) is 18.2 Å². The van der Waals surface area contributed by atoms with E-state index in [1.54, 1.807) is 0 Å². The van der Waals surface area contributed by atoms with Crippen LogP contribution in [0.1, 0.15) is 28.4 Å². The number of benzene rings is 1. The average molecular weight is 279 g/mol. The van der Waals surface area contributed by atoms with Gasteiger partial charge in [0.05, 0.1) is 17.6 Å². The summed E-state index contributed by atoms with van der Waals surface area (Å²) in [7, 11) is 0. The molecular weight excluding hydrogens is 268 g/mol. The maximum absolute atomic E-state index is 13.8. The van der Waals surface area contributed by atoms with E-state index in [4.69, 9.17) is 4.74 Å². The van der Waals surface area contributed by atoms with Crippen LogP contribution in [0.25, 0.3) is 10.9 Å². The number of nitrogens with zero attached hydrogens (tertiary/aromatic N) is 1. The van der Waals surface area contributed by atoms with Crippen LogP contribution in [-0.4, -0.2) is 29.3 Å². The number of carboxylic acids is 1. The summed E-state index contributed by atoms with van der Waals surface area (Å²) in [5.41, 5.74) is -0.0856. The van der Waals surface area contributed by atoms with Gasteiger partial charge >= 0.3 is 5.97 Å². The number of halogens is 2. The second-order valence-corrected chi connectivity index (χ2v) is 4.71. The fourth-order valence-corrected chi connectivity index (χ4v) is 2.43. The van der Waals surface area contributed by atoms with Crippen LogP contribution in [0.5, 0.6) is 0 Å². The standard InChI is InChI=1S/C14H11F2NO3/c15-9-1-2-10(16)13-12(9)8(14(18)19)5-11(17-13)7-3-4-20-6-7/h1-2,5,7H,3-4,6H2,(H,18,19). The molecule has 3 rings (SSSR count). The number of fused-ring (bicyclic) bond motifs is 1. The van der Waals surface area contributed by atoms with Crippen LogP contribution in [0.3, 0.4) is 0 Å². The minimum absolute atomic E-state index is 0.0832. The molecule has 0 bridgehead atoms. The first-order valence-corrected chi connectivity index (χ1v) is 6.17. The molecule has 6 heteroatoms. The van der Waals surface area contributed by atoms with E-state index in [0.29, 0.717) is 25.3 Å². The first-order chi connectivity index (χ1) is 9.58. The molecule has 1 N–H and O–H groups in total. The molecule has 4 nitrogen and oxygen atoms in total. The van der Waals surface area contributed by atoms with E-state index in [2.05, 4.69) is 4.98 Å². The first kappa shape index (κ1) is 12.9. The smallest absolute Gasteiger partial charge is 0.336 e. The van der Waals surface area contributed by atoms with Gasteiger partial charge in [0.15, 0.2) is 0 Å². The number of hydrogen-bond donors (Lipinski definition) is 1. The van der Waals surface area contributed by atoms with E-state index in [9.17, 15) is 18.7 Å². The molecule has 2 aromatic rings. The van der Waals surface area contributed by atoms with E-state index in [1.807, 2.05) is 0 Å². The minimum atomic E-state index is -1.30. The maximum atomic E-state index is 13.8. The van der Waals surface area contributed by atoms with Gasteiger partial charge in [0.1, 0.15) is 17.2 Å². The van der Waals surface area contributed by atoms with Crippen LogP contribution in [0.15, 0.2) is 18.2 Å². The summed E-state index contributed by atoms with van der Waals surface area (Å²) in [5, 5.41) is 8.93. The van der Waals surface area contributed by atoms with Crippen LogP contribution < -0.4 is 0 Å². The van der Waals surface area contributed by atoms with Crippen LogP contribution in [0, 0.1) is 11.6 Å². The topological polar surface area (TPSA) is 59.4 Å². The number of carboxylic acid groups (broad SMARTS) is 1. The number of hydrogen-bond acceptors (Lipinski definition) is 3. The molecule has 1 aliphatic heterocycles. The Labute approximate surface area is 113 Å². The molecule has 1 atom stereocenters. The van der Waals surface area contributed by atoms with Gasteiger partial charge in [0.25, 0.3) is 0 Å². The SMILES string of the molecule is O=C(O)c1cc(C2CCOC2)nc2c(F)ccc(F)c12. The second-order valence-electron chi connectivity index (χ2n) is 4.71. The molecule has 0 amide bonds. The largest absolute Gasteiger partial charge is 0.478 e. The summed E-state index contributed by atoms with van der Waals surface area (Å²) < 4.78 is 32.8. The lowest BCUT2D eigenvalue weighted by atomic mass is 9.99. The van der Waals surface area contributed by atoms with Crippen molar-refractivity contribution in [1.29, 1.82) is 0 Å². The zero-order chi connectivity index (χ0) is 14.3. The fraction of sp³-hybridized carbons (Fsp3) is 0.286. The van der Waals surface area contributed by atoms with Crippen molar-refractivity contribution in [2.75, 3.05) is 13.2 Å². The van der Waals surface area contributed by atoms with E-state index in [-0.39, 0.29) is 22.4 Å². The van der Waals surface area contributed by atoms with Crippen molar-refractivity contribution in [2.24, 2.45) is 0 Å². The van der Waals surface area contributed by atoms with Crippen molar-refractivity contribution in [3.05, 3.63) is 41.1 Å². The van der Waals surface area contributed by atoms with Crippen molar-refractivity contribution in [2.45, 2.75) is 12.3 Å². The number of rotatable bonds is 2. The summed E-state index contributed by atoms with van der Waals surface area (Å²) >= 11 is 0. The summed E-state index contributed by atoms with van der Waals surface area (Å²) in [4.78, 5) is 15.4. The third-order valence-electron chi connectivity index (χ3n) is 3.46. The Morgan fingerprint density at radius 3 is 2.75 bits per heavy atom. The molecule has 1 aromatic heterocycles. The Hall–Kier alpha value is -2.08. The lowest BCUT2D eigenvalue weighted by Gasteiger charge is -2.11. The van der Waals surface area contributed by atoms with Gasteiger partial charge < -0.3 is 9.84 Å². The van der Waals surface area contributed by atoms with Gasteiger partial charge in [-0.25, -0.2) is 18.6 Å². The summed E-state index contributed by atoms with van der Waals surface area (Å²) in [6, 6.07) is 3.17. The van der Waals surface area contributed by atoms with Crippen LogP contribution in [0.4, 0.5) is 8.78 Å². The number of aromatic nitrogens is 1. The average Bonchev–Trinajstić information content (AvgIpc) is 2.96. The number of carbonyl (C=O) groups is 1. The number of aromatic carboxylic acids is 1. The van der Waals surface area contributed by atoms with Crippen molar-refractivity contribution in [3.8, 4) is 0 Å². The zero-order valence-electron chi connectivity index (χ0n) is 10.4. The van der Waals surface area contributed by atoms with Crippen molar-refractivity contribution < 1.29 is 23.4 Å². The summed E-state index contributed by atoms with van der Waals surface area (Å²) in [6.45, 7) is 0.965. The molecule has 1 unspecified atom stereocenters. The van der Waals surface area contributed by atoms with Gasteiger partial charge in [-0.3, -0.25) is 0 Å². The van der Waals surface area contributed by atoms with E-state index in [0.717, 1.165) is 12.1 Å². The molecule has 1 fully saturated rings. The number of pyridine rings is 1. The highest BCUT2D eigenvalue weighted by atomic mass is 19.1. The molecule has 0 saturated carbocycles. The van der Waals surface area contributed by atoms with E-state index >= 15 is 0 Å².